The van der Waals surface area contributed by atoms with E-state index in [4.69, 9.17) is 18.9 Å². The maximum Gasteiger partial charge on any atom is 0.162 e. The fourth-order valence-electron chi connectivity index (χ4n) is 1.92. The highest BCUT2D eigenvalue weighted by Gasteiger charge is 2.06. The molecule has 0 aliphatic carbocycles. The van der Waals surface area contributed by atoms with Crippen LogP contribution in [0.3, 0.4) is 0 Å². The van der Waals surface area contributed by atoms with Gasteiger partial charge in [-0.05, 0) is 23.8 Å². The fourth-order valence-corrected chi connectivity index (χ4v) is 2.26. The summed E-state index contributed by atoms with van der Waals surface area (Å²) in [5.74, 6) is 1.40. The van der Waals surface area contributed by atoms with Crippen molar-refractivity contribution in [2.45, 2.75) is 6.61 Å². The van der Waals surface area contributed by atoms with Crippen LogP contribution in [0.15, 0.2) is 53.0 Å². The van der Waals surface area contributed by atoms with Gasteiger partial charge in [0.1, 0.15) is 13.2 Å². The molecule has 0 heterocycles. The fraction of sp³-hybridized carbons (Fsp3) is 0.333. The van der Waals surface area contributed by atoms with E-state index in [-0.39, 0.29) is 0 Å². The molecule has 5 heteroatoms. The summed E-state index contributed by atoms with van der Waals surface area (Å²) in [6, 6.07) is 15.7. The Hall–Kier alpha value is -1.56. The summed E-state index contributed by atoms with van der Waals surface area (Å²) < 4.78 is 23.0. The van der Waals surface area contributed by atoms with E-state index >= 15 is 0 Å². The molecule has 2 aromatic rings. The van der Waals surface area contributed by atoms with E-state index in [0.29, 0.717) is 44.5 Å². The van der Waals surface area contributed by atoms with Gasteiger partial charge in [-0.15, -0.1) is 0 Å². The first-order chi connectivity index (χ1) is 11.3. The highest BCUT2D eigenvalue weighted by Crippen LogP contribution is 2.30. The molecular weight excluding hydrogens is 360 g/mol. The van der Waals surface area contributed by atoms with Gasteiger partial charge in [-0.3, -0.25) is 0 Å². The average Bonchev–Trinajstić information content (AvgIpc) is 2.57. The normalized spacial score (nSPS) is 10.5. The third-order valence-corrected chi connectivity index (χ3v) is 3.54. The van der Waals surface area contributed by atoms with Crippen LogP contribution < -0.4 is 9.47 Å². The molecule has 0 aromatic heterocycles. The van der Waals surface area contributed by atoms with Crippen molar-refractivity contribution < 1.29 is 18.9 Å². The second kappa shape index (κ2) is 10.3. The molecule has 0 N–H and O–H groups in total. The lowest BCUT2D eigenvalue weighted by Gasteiger charge is -2.13. The van der Waals surface area contributed by atoms with E-state index in [1.807, 2.05) is 48.5 Å². The van der Waals surface area contributed by atoms with E-state index < -0.39 is 0 Å². The first kappa shape index (κ1) is 17.8. The Morgan fingerprint density at radius 1 is 0.826 bits per heavy atom. The Bertz CT molecular complexity index is 574. The third kappa shape index (κ3) is 6.60. The number of rotatable bonds is 10. The summed E-state index contributed by atoms with van der Waals surface area (Å²) >= 11 is 3.44. The smallest absolute Gasteiger partial charge is 0.162 e. The SMILES string of the molecule is COCCOc1ccc(Br)cc1OCCOCc1ccccc1. The van der Waals surface area contributed by atoms with Crippen LogP contribution in [0.5, 0.6) is 11.5 Å². The van der Waals surface area contributed by atoms with E-state index in [2.05, 4.69) is 15.9 Å². The number of halogens is 1. The lowest BCUT2D eigenvalue weighted by atomic mass is 10.2. The molecule has 2 rings (SSSR count). The Morgan fingerprint density at radius 2 is 1.57 bits per heavy atom. The van der Waals surface area contributed by atoms with Crippen molar-refractivity contribution in [2.24, 2.45) is 0 Å². The first-order valence-corrected chi connectivity index (χ1v) is 8.24. The first-order valence-electron chi connectivity index (χ1n) is 7.45. The lowest BCUT2D eigenvalue weighted by molar-refractivity contribution is 0.0867. The minimum atomic E-state index is 0.462. The van der Waals surface area contributed by atoms with Crippen molar-refractivity contribution in [2.75, 3.05) is 33.5 Å². The number of benzene rings is 2. The molecule has 0 atom stereocenters. The largest absolute Gasteiger partial charge is 0.487 e. The number of ether oxygens (including phenoxy) is 4. The Kier molecular flexibility index (Phi) is 7.93. The molecule has 0 aliphatic rings. The van der Waals surface area contributed by atoms with Crippen LogP contribution in [-0.4, -0.2) is 33.5 Å². The topological polar surface area (TPSA) is 36.9 Å². The summed E-state index contributed by atoms with van der Waals surface area (Å²) in [6.45, 7) is 2.58. The highest BCUT2D eigenvalue weighted by atomic mass is 79.9. The predicted molar refractivity (Wildman–Crippen MR) is 93.1 cm³/mol. The van der Waals surface area contributed by atoms with Gasteiger partial charge in [0.05, 0.1) is 19.8 Å². The lowest BCUT2D eigenvalue weighted by Crippen LogP contribution is -2.09. The number of methoxy groups -OCH3 is 1. The van der Waals surface area contributed by atoms with Crippen molar-refractivity contribution in [1.29, 1.82) is 0 Å². The van der Waals surface area contributed by atoms with Crippen LogP contribution in [0.25, 0.3) is 0 Å². The second-order valence-electron chi connectivity index (χ2n) is 4.82. The molecule has 0 radical (unpaired) electrons. The van der Waals surface area contributed by atoms with E-state index in [1.165, 1.54) is 0 Å². The van der Waals surface area contributed by atoms with Gasteiger partial charge in [0.25, 0.3) is 0 Å². The quantitative estimate of drug-likeness (QED) is 0.582. The number of hydrogen-bond donors (Lipinski definition) is 0. The average molecular weight is 381 g/mol. The summed E-state index contributed by atoms with van der Waals surface area (Å²) in [5, 5.41) is 0. The second-order valence-corrected chi connectivity index (χ2v) is 5.73. The van der Waals surface area contributed by atoms with Crippen molar-refractivity contribution in [3.8, 4) is 11.5 Å². The molecule has 2 aromatic carbocycles. The molecule has 0 aliphatic heterocycles. The molecule has 124 valence electrons. The van der Waals surface area contributed by atoms with Crippen molar-refractivity contribution in [3.63, 3.8) is 0 Å². The molecule has 4 nitrogen and oxygen atoms in total. The molecule has 0 fully saturated rings. The monoisotopic (exact) mass is 380 g/mol. The minimum absolute atomic E-state index is 0.462. The van der Waals surface area contributed by atoms with Gasteiger partial charge in [-0.1, -0.05) is 46.3 Å². The van der Waals surface area contributed by atoms with Gasteiger partial charge in [-0.2, -0.15) is 0 Å². The van der Waals surface area contributed by atoms with Crippen LogP contribution in [-0.2, 0) is 16.1 Å². The van der Waals surface area contributed by atoms with Crippen LogP contribution >= 0.6 is 15.9 Å². The van der Waals surface area contributed by atoms with Gasteiger partial charge in [-0.25, -0.2) is 0 Å². The summed E-state index contributed by atoms with van der Waals surface area (Å²) in [6.07, 6.45) is 0. The molecule has 0 amide bonds. The van der Waals surface area contributed by atoms with Gasteiger partial charge < -0.3 is 18.9 Å². The summed E-state index contributed by atoms with van der Waals surface area (Å²) in [4.78, 5) is 0. The Labute approximate surface area is 145 Å². The molecule has 23 heavy (non-hydrogen) atoms. The maximum absolute atomic E-state index is 5.77. The summed E-state index contributed by atoms with van der Waals surface area (Å²) in [5.41, 5.74) is 1.15. The van der Waals surface area contributed by atoms with Gasteiger partial charge >= 0.3 is 0 Å². The van der Waals surface area contributed by atoms with E-state index in [1.54, 1.807) is 7.11 Å². The van der Waals surface area contributed by atoms with Crippen LogP contribution in [0.2, 0.25) is 0 Å². The van der Waals surface area contributed by atoms with Crippen LogP contribution in [0, 0.1) is 0 Å². The molecule has 0 bridgehead atoms. The third-order valence-electron chi connectivity index (χ3n) is 3.05. The Balaban J connectivity index is 1.76. The maximum atomic E-state index is 5.77. The molecule has 0 spiro atoms. The van der Waals surface area contributed by atoms with E-state index in [9.17, 15) is 0 Å². The van der Waals surface area contributed by atoms with Gasteiger partial charge in [0, 0.05) is 11.6 Å². The van der Waals surface area contributed by atoms with Crippen molar-refractivity contribution >= 4 is 15.9 Å². The summed E-state index contributed by atoms with van der Waals surface area (Å²) in [7, 11) is 1.65. The number of hydrogen-bond acceptors (Lipinski definition) is 4. The Morgan fingerprint density at radius 3 is 2.35 bits per heavy atom. The highest BCUT2D eigenvalue weighted by molar-refractivity contribution is 9.10. The standard InChI is InChI=1S/C18H21BrO4/c1-20-9-11-22-17-8-7-16(19)13-18(17)23-12-10-21-14-15-5-3-2-4-6-15/h2-8,13H,9-12,14H2,1H3. The molecule has 0 saturated carbocycles. The zero-order valence-corrected chi connectivity index (χ0v) is 14.8. The molecular formula is C18H21BrO4. The molecule has 0 saturated heterocycles. The van der Waals surface area contributed by atoms with E-state index in [0.717, 1.165) is 10.0 Å². The minimum Gasteiger partial charge on any atom is -0.487 e. The molecule has 0 unspecified atom stereocenters. The van der Waals surface area contributed by atoms with Gasteiger partial charge in [0.15, 0.2) is 11.5 Å². The zero-order valence-electron chi connectivity index (χ0n) is 13.2. The van der Waals surface area contributed by atoms with Crippen LogP contribution in [0.4, 0.5) is 0 Å². The van der Waals surface area contributed by atoms with Gasteiger partial charge in [0.2, 0.25) is 0 Å². The van der Waals surface area contributed by atoms with Crippen molar-refractivity contribution in [1.82, 2.24) is 0 Å². The van der Waals surface area contributed by atoms with Crippen LogP contribution in [0.1, 0.15) is 5.56 Å². The predicted octanol–water partition coefficient (Wildman–Crippen LogP) is 4.07. The van der Waals surface area contributed by atoms with Crippen molar-refractivity contribution in [3.05, 3.63) is 58.6 Å². The zero-order chi connectivity index (χ0) is 16.3.